The van der Waals surface area contributed by atoms with E-state index in [4.69, 9.17) is 0 Å². The standard InChI is InChI=1S/C8H12F3NO2S/c9-8(10,11)6-14-7(13)12-2-1-4-15-5-3-12/h1-6H2. The van der Waals surface area contributed by atoms with Crippen LogP contribution < -0.4 is 0 Å². The van der Waals surface area contributed by atoms with Crippen molar-refractivity contribution in [3.63, 3.8) is 0 Å². The van der Waals surface area contributed by atoms with Gasteiger partial charge in [-0.3, -0.25) is 0 Å². The Hall–Kier alpha value is -0.590. The van der Waals surface area contributed by atoms with E-state index in [0.29, 0.717) is 13.1 Å². The molecule has 0 aromatic heterocycles. The van der Waals surface area contributed by atoms with Crippen LogP contribution in [-0.2, 0) is 4.74 Å². The highest BCUT2D eigenvalue weighted by Crippen LogP contribution is 2.16. The Morgan fingerprint density at radius 2 is 2.07 bits per heavy atom. The van der Waals surface area contributed by atoms with Gasteiger partial charge >= 0.3 is 12.3 Å². The molecule has 1 saturated heterocycles. The summed E-state index contributed by atoms with van der Waals surface area (Å²) in [6, 6.07) is 0. The molecule has 7 heteroatoms. The molecule has 1 amide bonds. The van der Waals surface area contributed by atoms with E-state index in [1.165, 1.54) is 4.90 Å². The van der Waals surface area contributed by atoms with Gasteiger partial charge in [-0.1, -0.05) is 0 Å². The van der Waals surface area contributed by atoms with Gasteiger partial charge in [0.2, 0.25) is 0 Å². The third kappa shape index (κ3) is 5.15. The molecule has 0 spiro atoms. The lowest BCUT2D eigenvalue weighted by Gasteiger charge is -2.19. The second-order valence-corrected chi connectivity index (χ2v) is 4.35. The smallest absolute Gasteiger partial charge is 0.422 e. The van der Waals surface area contributed by atoms with Crippen LogP contribution in [0.25, 0.3) is 0 Å². The molecule has 0 saturated carbocycles. The lowest BCUT2D eigenvalue weighted by molar-refractivity contribution is -0.162. The molecule has 0 radical (unpaired) electrons. The number of halogens is 3. The third-order valence-electron chi connectivity index (χ3n) is 1.84. The van der Waals surface area contributed by atoms with Gasteiger partial charge in [0.25, 0.3) is 0 Å². The van der Waals surface area contributed by atoms with Crippen LogP contribution in [0.15, 0.2) is 0 Å². The van der Waals surface area contributed by atoms with Gasteiger partial charge in [-0.15, -0.1) is 0 Å². The fourth-order valence-electron chi connectivity index (χ4n) is 1.16. The van der Waals surface area contributed by atoms with Crippen molar-refractivity contribution >= 4 is 17.9 Å². The van der Waals surface area contributed by atoms with Crippen molar-refractivity contribution in [2.45, 2.75) is 12.6 Å². The van der Waals surface area contributed by atoms with Crippen molar-refractivity contribution in [1.29, 1.82) is 0 Å². The van der Waals surface area contributed by atoms with Gasteiger partial charge in [0, 0.05) is 18.8 Å². The number of carbonyl (C=O) groups is 1. The van der Waals surface area contributed by atoms with Gasteiger partial charge in [0.15, 0.2) is 6.61 Å². The maximum Gasteiger partial charge on any atom is 0.422 e. The van der Waals surface area contributed by atoms with Crippen LogP contribution in [0.4, 0.5) is 18.0 Å². The lowest BCUT2D eigenvalue weighted by atomic mass is 10.4. The molecule has 0 aromatic carbocycles. The molecular formula is C8H12F3NO2S. The Morgan fingerprint density at radius 1 is 1.33 bits per heavy atom. The first-order valence-corrected chi connectivity index (χ1v) is 5.71. The minimum Gasteiger partial charge on any atom is -0.440 e. The molecule has 1 fully saturated rings. The first-order valence-electron chi connectivity index (χ1n) is 4.55. The molecule has 15 heavy (non-hydrogen) atoms. The highest BCUT2D eigenvalue weighted by Gasteiger charge is 2.30. The fourth-order valence-corrected chi connectivity index (χ4v) is 2.05. The number of rotatable bonds is 1. The van der Waals surface area contributed by atoms with Gasteiger partial charge in [-0.2, -0.15) is 24.9 Å². The zero-order valence-electron chi connectivity index (χ0n) is 8.05. The van der Waals surface area contributed by atoms with Crippen LogP contribution in [0.1, 0.15) is 6.42 Å². The van der Waals surface area contributed by atoms with Gasteiger partial charge < -0.3 is 9.64 Å². The molecule has 1 heterocycles. The quantitative estimate of drug-likeness (QED) is 0.706. The van der Waals surface area contributed by atoms with Crippen LogP contribution in [-0.4, -0.2) is 48.4 Å². The largest absolute Gasteiger partial charge is 0.440 e. The Balaban J connectivity index is 2.32. The summed E-state index contributed by atoms with van der Waals surface area (Å²) >= 11 is 1.69. The van der Waals surface area contributed by atoms with Crippen LogP contribution in [0, 0.1) is 0 Å². The number of amides is 1. The number of thioether (sulfide) groups is 1. The summed E-state index contributed by atoms with van der Waals surface area (Å²) in [5, 5.41) is 0. The molecule has 0 atom stereocenters. The Morgan fingerprint density at radius 3 is 2.73 bits per heavy atom. The average molecular weight is 243 g/mol. The van der Waals surface area contributed by atoms with E-state index in [0.717, 1.165) is 17.9 Å². The van der Waals surface area contributed by atoms with Crippen molar-refractivity contribution in [2.24, 2.45) is 0 Å². The average Bonchev–Trinajstić information content (AvgIpc) is 2.41. The molecular weight excluding hydrogens is 231 g/mol. The summed E-state index contributed by atoms with van der Waals surface area (Å²) in [4.78, 5) is 12.5. The van der Waals surface area contributed by atoms with E-state index in [-0.39, 0.29) is 0 Å². The number of carbonyl (C=O) groups excluding carboxylic acids is 1. The summed E-state index contributed by atoms with van der Waals surface area (Å²) in [7, 11) is 0. The molecule has 0 aromatic rings. The van der Waals surface area contributed by atoms with Crippen molar-refractivity contribution in [3.8, 4) is 0 Å². The summed E-state index contributed by atoms with van der Waals surface area (Å²) in [5.74, 6) is 1.68. The van der Waals surface area contributed by atoms with E-state index in [2.05, 4.69) is 4.74 Å². The minimum absolute atomic E-state index is 0.460. The molecule has 0 bridgehead atoms. The van der Waals surface area contributed by atoms with Gasteiger partial charge in [0.05, 0.1) is 0 Å². The van der Waals surface area contributed by atoms with E-state index in [1.54, 1.807) is 11.8 Å². The van der Waals surface area contributed by atoms with E-state index >= 15 is 0 Å². The monoisotopic (exact) mass is 243 g/mol. The van der Waals surface area contributed by atoms with Gasteiger partial charge in [-0.05, 0) is 12.2 Å². The van der Waals surface area contributed by atoms with E-state index in [9.17, 15) is 18.0 Å². The molecule has 0 aliphatic carbocycles. The summed E-state index contributed by atoms with van der Waals surface area (Å²) in [6.45, 7) is -0.569. The maximum absolute atomic E-state index is 11.8. The SMILES string of the molecule is O=C(OCC(F)(F)F)N1CCCSCC1. The van der Waals surface area contributed by atoms with Gasteiger partial charge in [-0.25, -0.2) is 4.79 Å². The van der Waals surface area contributed by atoms with Crippen molar-refractivity contribution in [2.75, 3.05) is 31.2 Å². The number of alkyl halides is 3. The zero-order chi connectivity index (χ0) is 11.3. The van der Waals surface area contributed by atoms with Crippen molar-refractivity contribution < 1.29 is 22.7 Å². The van der Waals surface area contributed by atoms with Crippen LogP contribution in [0.2, 0.25) is 0 Å². The first kappa shape index (κ1) is 12.5. The van der Waals surface area contributed by atoms with Crippen LogP contribution in [0.5, 0.6) is 0 Å². The topological polar surface area (TPSA) is 29.5 Å². The number of ether oxygens (including phenoxy) is 1. The lowest BCUT2D eigenvalue weighted by Crippen LogP contribution is -2.35. The highest BCUT2D eigenvalue weighted by molar-refractivity contribution is 7.99. The van der Waals surface area contributed by atoms with Crippen molar-refractivity contribution in [3.05, 3.63) is 0 Å². The Labute approximate surface area is 89.9 Å². The fraction of sp³-hybridized carbons (Fsp3) is 0.875. The molecule has 1 aliphatic rings. The Kier molecular flexibility index (Phi) is 4.56. The molecule has 1 rings (SSSR count). The van der Waals surface area contributed by atoms with Crippen LogP contribution in [0.3, 0.4) is 0 Å². The molecule has 1 aliphatic heterocycles. The second kappa shape index (κ2) is 5.48. The first-order chi connectivity index (χ1) is 6.99. The maximum atomic E-state index is 11.8. The molecule has 0 N–H and O–H groups in total. The second-order valence-electron chi connectivity index (χ2n) is 3.12. The normalized spacial score (nSPS) is 18.5. The number of hydrogen-bond donors (Lipinski definition) is 0. The number of nitrogens with zero attached hydrogens (tertiary/aromatic N) is 1. The van der Waals surface area contributed by atoms with Gasteiger partial charge in [0.1, 0.15) is 0 Å². The number of hydrogen-bond acceptors (Lipinski definition) is 3. The third-order valence-corrected chi connectivity index (χ3v) is 2.89. The van der Waals surface area contributed by atoms with E-state index in [1.807, 2.05) is 0 Å². The molecule has 3 nitrogen and oxygen atoms in total. The van der Waals surface area contributed by atoms with Crippen LogP contribution >= 0.6 is 11.8 Å². The van der Waals surface area contributed by atoms with Crippen molar-refractivity contribution in [1.82, 2.24) is 4.90 Å². The predicted molar refractivity (Wildman–Crippen MR) is 50.9 cm³/mol. The summed E-state index contributed by atoms with van der Waals surface area (Å²) in [5.41, 5.74) is 0. The molecule has 0 unspecified atom stereocenters. The molecule has 88 valence electrons. The summed E-state index contributed by atoms with van der Waals surface area (Å²) in [6.07, 6.45) is -4.52. The minimum atomic E-state index is -4.45. The van der Waals surface area contributed by atoms with E-state index < -0.39 is 18.9 Å². The predicted octanol–water partition coefficient (Wildman–Crippen LogP) is 2.12. The highest BCUT2D eigenvalue weighted by atomic mass is 32.2. The Bertz CT molecular complexity index is 214. The summed E-state index contributed by atoms with van der Waals surface area (Å²) < 4.78 is 39.4. The zero-order valence-corrected chi connectivity index (χ0v) is 8.86.